The van der Waals surface area contributed by atoms with Crippen molar-refractivity contribution in [2.75, 3.05) is 16.8 Å². The fourth-order valence-corrected chi connectivity index (χ4v) is 5.35. The zero-order chi connectivity index (χ0) is 27.5. The van der Waals surface area contributed by atoms with Crippen molar-refractivity contribution in [3.63, 3.8) is 0 Å². The second-order valence-electron chi connectivity index (χ2n) is 9.34. The molecule has 1 saturated heterocycles. The zero-order valence-electron chi connectivity index (χ0n) is 20.6. The fourth-order valence-electron chi connectivity index (χ4n) is 4.76. The van der Waals surface area contributed by atoms with E-state index in [1.165, 1.54) is 12.1 Å². The molecule has 0 spiro atoms. The molecule has 0 radical (unpaired) electrons. The Balaban J connectivity index is 1.17. The molecule has 2 aliphatic rings. The third-order valence-corrected chi connectivity index (χ3v) is 7.80. The molecule has 1 saturated carbocycles. The van der Waals surface area contributed by atoms with Crippen LogP contribution in [0.25, 0.3) is 0 Å². The maximum absolute atomic E-state index is 13.0. The highest BCUT2D eigenvalue weighted by Gasteiger charge is 2.52. The van der Waals surface area contributed by atoms with Gasteiger partial charge < -0.3 is 14.8 Å². The summed E-state index contributed by atoms with van der Waals surface area (Å²) >= 11 is 12.5. The van der Waals surface area contributed by atoms with Crippen LogP contribution < -0.4 is 15.0 Å². The van der Waals surface area contributed by atoms with E-state index in [0.29, 0.717) is 30.0 Å². The number of para-hydroxylation sites is 1. The smallest absolute Gasteiger partial charge is 0.338 e. The average Bonchev–Trinajstić information content (AvgIpc) is 3.17. The van der Waals surface area contributed by atoms with E-state index in [4.69, 9.17) is 32.7 Å². The summed E-state index contributed by atoms with van der Waals surface area (Å²) in [5.74, 6) is -1.79. The third-order valence-electron chi connectivity index (χ3n) is 6.70. The van der Waals surface area contributed by atoms with E-state index >= 15 is 0 Å². The van der Waals surface area contributed by atoms with Crippen LogP contribution in [0.5, 0.6) is 11.5 Å². The number of hydrogen-bond acceptors (Lipinski definition) is 6. The highest BCUT2D eigenvalue weighted by atomic mass is 35.5. The molecule has 3 aromatic carbocycles. The quantitative estimate of drug-likeness (QED) is 0.234. The lowest BCUT2D eigenvalue weighted by Crippen LogP contribution is -2.34. The molecule has 200 valence electrons. The van der Waals surface area contributed by atoms with Crippen LogP contribution in [-0.4, -0.2) is 41.1 Å². The zero-order valence-corrected chi connectivity index (χ0v) is 22.1. The van der Waals surface area contributed by atoms with E-state index < -0.39 is 41.1 Å². The van der Waals surface area contributed by atoms with Gasteiger partial charge in [0.1, 0.15) is 11.5 Å². The summed E-state index contributed by atoms with van der Waals surface area (Å²) in [4.78, 5) is 52.1. The number of alkyl halides is 2. The molecule has 0 bridgehead atoms. The minimum Gasteiger partial charge on any atom is -0.457 e. The molecule has 5 rings (SSSR count). The molecule has 3 aromatic rings. The number of amides is 3. The number of rotatable bonds is 7. The highest BCUT2D eigenvalue weighted by Crippen LogP contribution is 2.43. The van der Waals surface area contributed by atoms with Crippen LogP contribution in [0, 0.1) is 11.8 Å². The Bertz CT molecular complexity index is 1370. The monoisotopic (exact) mass is 566 g/mol. The van der Waals surface area contributed by atoms with Gasteiger partial charge in [-0.1, -0.05) is 24.3 Å². The van der Waals surface area contributed by atoms with Gasteiger partial charge in [-0.25, -0.2) is 4.79 Å². The summed E-state index contributed by atoms with van der Waals surface area (Å²) in [7, 11) is 0. The molecule has 0 aromatic heterocycles. The molecular weight excluding hydrogens is 543 g/mol. The Labute approximate surface area is 234 Å². The molecule has 1 N–H and O–H groups in total. The Morgan fingerprint density at radius 2 is 1.44 bits per heavy atom. The summed E-state index contributed by atoms with van der Waals surface area (Å²) in [6.45, 7) is -0.523. The summed E-state index contributed by atoms with van der Waals surface area (Å²) in [5.41, 5.74) is 0.862. The molecule has 8 nitrogen and oxygen atoms in total. The number of esters is 1. The number of imide groups is 1. The Morgan fingerprint density at radius 1 is 0.821 bits per heavy atom. The molecule has 10 heteroatoms. The first-order valence-electron chi connectivity index (χ1n) is 12.4. The molecule has 1 heterocycles. The SMILES string of the molecule is O=C(COC(=O)c1cccc(N2C(=O)[C@H]3C[C@H](Cl)[C@@H](Cl)C[C@H]3C2=O)c1)Nc1ccc(Oc2ccccc2)cc1. The van der Waals surface area contributed by atoms with Crippen LogP contribution in [0.1, 0.15) is 23.2 Å². The van der Waals surface area contributed by atoms with Crippen molar-refractivity contribution in [2.24, 2.45) is 11.8 Å². The van der Waals surface area contributed by atoms with Crippen molar-refractivity contribution in [3.05, 3.63) is 84.4 Å². The number of hydrogen-bond donors (Lipinski definition) is 1. The lowest BCUT2D eigenvalue weighted by Gasteiger charge is -2.28. The number of anilines is 2. The number of benzene rings is 3. The largest absolute Gasteiger partial charge is 0.457 e. The predicted molar refractivity (Wildman–Crippen MR) is 146 cm³/mol. The van der Waals surface area contributed by atoms with Gasteiger partial charge in [-0.3, -0.25) is 19.3 Å². The summed E-state index contributed by atoms with van der Waals surface area (Å²) < 4.78 is 10.9. The van der Waals surface area contributed by atoms with Gasteiger partial charge in [0, 0.05) is 5.69 Å². The second kappa shape index (κ2) is 11.5. The number of nitrogens with zero attached hydrogens (tertiary/aromatic N) is 1. The van der Waals surface area contributed by atoms with Gasteiger partial charge in [0.25, 0.3) is 5.91 Å². The topological polar surface area (TPSA) is 102 Å². The molecule has 1 aliphatic carbocycles. The first-order valence-corrected chi connectivity index (χ1v) is 13.2. The normalized spacial score (nSPS) is 22.3. The average molecular weight is 567 g/mol. The molecule has 1 aliphatic heterocycles. The van der Waals surface area contributed by atoms with Crippen LogP contribution in [0.2, 0.25) is 0 Å². The van der Waals surface area contributed by atoms with Gasteiger partial charge in [-0.2, -0.15) is 0 Å². The Morgan fingerprint density at radius 3 is 2.08 bits per heavy atom. The second-order valence-corrected chi connectivity index (χ2v) is 10.5. The Hall–Kier alpha value is -3.88. The van der Waals surface area contributed by atoms with E-state index in [1.54, 1.807) is 36.4 Å². The predicted octanol–water partition coefficient (Wildman–Crippen LogP) is 5.39. The highest BCUT2D eigenvalue weighted by molar-refractivity contribution is 6.31. The van der Waals surface area contributed by atoms with Crippen molar-refractivity contribution in [1.82, 2.24) is 0 Å². The first-order chi connectivity index (χ1) is 18.8. The van der Waals surface area contributed by atoms with Gasteiger partial charge in [0.05, 0.1) is 33.8 Å². The number of carbonyl (C=O) groups is 4. The molecule has 4 atom stereocenters. The summed E-state index contributed by atoms with van der Waals surface area (Å²) in [5, 5.41) is 1.87. The molecule has 2 fully saturated rings. The molecule has 0 unspecified atom stereocenters. The number of carbonyl (C=O) groups excluding carboxylic acids is 4. The van der Waals surface area contributed by atoms with E-state index in [1.807, 2.05) is 30.3 Å². The van der Waals surface area contributed by atoms with Crippen LogP contribution >= 0.6 is 23.2 Å². The standard InChI is InChI=1S/C29H24Cl2N2O6/c30-24-14-22-23(15-25(24)31)28(36)33(27(22)35)19-6-4-5-17(13-19)29(37)38-16-26(34)32-18-9-11-21(12-10-18)39-20-7-2-1-3-8-20/h1-13,22-25H,14-16H2,(H,32,34)/t22-,23+,24-,25-/m0/s1. The van der Waals surface area contributed by atoms with Crippen molar-refractivity contribution in [2.45, 2.75) is 23.6 Å². The third kappa shape index (κ3) is 5.92. The molecule has 39 heavy (non-hydrogen) atoms. The van der Waals surface area contributed by atoms with E-state index in [2.05, 4.69) is 5.32 Å². The lowest BCUT2D eigenvalue weighted by molar-refractivity contribution is -0.122. The summed E-state index contributed by atoms with van der Waals surface area (Å²) in [6.07, 6.45) is 0.641. The van der Waals surface area contributed by atoms with Gasteiger partial charge in [-0.05, 0) is 67.4 Å². The minimum atomic E-state index is -0.767. The minimum absolute atomic E-state index is 0.101. The number of ether oxygens (including phenoxy) is 2. The number of nitrogens with one attached hydrogen (secondary N) is 1. The van der Waals surface area contributed by atoms with Gasteiger partial charge in [-0.15, -0.1) is 23.2 Å². The van der Waals surface area contributed by atoms with Crippen molar-refractivity contribution >= 4 is 58.3 Å². The molecule has 3 amide bonds. The van der Waals surface area contributed by atoms with Crippen LogP contribution in [0.15, 0.2) is 78.9 Å². The lowest BCUT2D eigenvalue weighted by atomic mass is 9.80. The maximum Gasteiger partial charge on any atom is 0.338 e. The van der Waals surface area contributed by atoms with Crippen molar-refractivity contribution in [1.29, 1.82) is 0 Å². The van der Waals surface area contributed by atoms with Crippen LogP contribution in [0.4, 0.5) is 11.4 Å². The van der Waals surface area contributed by atoms with E-state index in [0.717, 1.165) is 4.90 Å². The van der Waals surface area contributed by atoms with Crippen molar-refractivity contribution in [3.8, 4) is 11.5 Å². The van der Waals surface area contributed by atoms with Gasteiger partial charge in [0.2, 0.25) is 11.8 Å². The summed E-state index contributed by atoms with van der Waals surface area (Å²) in [6, 6.07) is 22.0. The fraction of sp³-hybridized carbons (Fsp3) is 0.241. The van der Waals surface area contributed by atoms with Gasteiger partial charge >= 0.3 is 5.97 Å². The van der Waals surface area contributed by atoms with Crippen LogP contribution in [-0.2, 0) is 19.1 Å². The molecular formula is C29H24Cl2N2O6. The van der Waals surface area contributed by atoms with Crippen molar-refractivity contribution < 1.29 is 28.7 Å². The Kier molecular flexibility index (Phi) is 7.86. The first kappa shape index (κ1) is 26.7. The maximum atomic E-state index is 13.0. The van der Waals surface area contributed by atoms with Gasteiger partial charge in [0.15, 0.2) is 6.61 Å². The number of fused-ring (bicyclic) bond motifs is 1. The number of halogens is 2. The van der Waals surface area contributed by atoms with Crippen LogP contribution in [0.3, 0.4) is 0 Å². The van der Waals surface area contributed by atoms with E-state index in [-0.39, 0.29) is 23.1 Å². The van der Waals surface area contributed by atoms with E-state index in [9.17, 15) is 19.2 Å².